The molecule has 0 aliphatic carbocycles. The summed E-state index contributed by atoms with van der Waals surface area (Å²) in [6, 6.07) is 0. The predicted molar refractivity (Wildman–Crippen MR) is 104 cm³/mol. The average molecular weight is 351 g/mol. The summed E-state index contributed by atoms with van der Waals surface area (Å²) < 4.78 is 5.97. The van der Waals surface area contributed by atoms with E-state index in [1.54, 1.807) is 0 Å². The second-order valence-corrected chi connectivity index (χ2v) is 32.4. The molecule has 0 spiro atoms. The van der Waals surface area contributed by atoms with Crippen LogP contribution in [0.25, 0.3) is 0 Å². The molecule has 0 saturated carbocycles. The van der Waals surface area contributed by atoms with Crippen LogP contribution >= 0.6 is 15.5 Å². The molecule has 1 saturated heterocycles. The number of hydrogen-bond donors (Lipinski definition) is 0. The molecule has 2 nitrogen and oxygen atoms in total. The Morgan fingerprint density at radius 1 is 0.550 bits per heavy atom. The van der Waals surface area contributed by atoms with Crippen LogP contribution in [-0.4, -0.2) is 35.4 Å². The Morgan fingerprint density at radius 2 is 0.750 bits per heavy atom. The van der Waals surface area contributed by atoms with Crippen molar-refractivity contribution < 1.29 is 0 Å². The third-order valence-electron chi connectivity index (χ3n) is 3.12. The first-order valence-corrected chi connectivity index (χ1v) is 18.9. The first kappa shape index (κ1) is 19.3. The topological polar surface area (TPSA) is 6.48 Å². The summed E-state index contributed by atoms with van der Waals surface area (Å²) in [5.41, 5.74) is 0.638. The highest BCUT2D eigenvalue weighted by Crippen LogP contribution is 2.86. The van der Waals surface area contributed by atoms with Crippen molar-refractivity contribution in [2.75, 3.05) is 0 Å². The molecule has 0 bridgehead atoms. The first-order chi connectivity index (χ1) is 8.49. The van der Waals surface area contributed by atoms with Crippen molar-refractivity contribution in [2.45, 2.75) is 91.9 Å². The van der Waals surface area contributed by atoms with Gasteiger partial charge < -0.3 is 0 Å². The monoisotopic (exact) mass is 350 g/mol. The smallest absolute Gasteiger partial charge is 0.110 e. The van der Waals surface area contributed by atoms with Gasteiger partial charge in [0.1, 0.15) is 15.5 Å². The highest BCUT2D eigenvalue weighted by Gasteiger charge is 2.62. The van der Waals surface area contributed by atoms with Crippen LogP contribution in [0.5, 0.6) is 0 Å². The van der Waals surface area contributed by atoms with Crippen LogP contribution in [0.4, 0.5) is 0 Å². The highest BCUT2D eigenvalue weighted by molar-refractivity contribution is 8.13. The van der Waals surface area contributed by atoms with E-state index in [-0.39, 0.29) is 15.5 Å². The van der Waals surface area contributed by atoms with Gasteiger partial charge in [-0.25, -0.2) is 8.88 Å². The van der Waals surface area contributed by atoms with Crippen molar-refractivity contribution in [1.82, 2.24) is 8.88 Å². The summed E-state index contributed by atoms with van der Waals surface area (Å²) in [5.74, 6) is 0. The molecule has 0 amide bonds. The van der Waals surface area contributed by atoms with E-state index in [1.165, 1.54) is 0 Å². The van der Waals surface area contributed by atoms with Gasteiger partial charge in [0.05, 0.1) is 0 Å². The minimum absolute atomic E-state index is 0.0763. The molecule has 1 aliphatic heterocycles. The van der Waals surface area contributed by atoms with Crippen LogP contribution in [0.1, 0.15) is 41.5 Å². The van der Waals surface area contributed by atoms with Crippen LogP contribution in [-0.2, 0) is 0 Å². The average Bonchev–Trinajstić information content (AvgIpc) is 1.86. The summed E-state index contributed by atoms with van der Waals surface area (Å²) in [4.78, 5) is 0. The number of nitrogens with zero attached hydrogens (tertiary/aromatic N) is 2. The Bertz CT molecular complexity index is 281. The minimum atomic E-state index is -1.19. The second-order valence-electron chi connectivity index (χ2n) is 9.84. The molecule has 1 aliphatic rings. The lowest BCUT2D eigenvalue weighted by Gasteiger charge is -2.71. The highest BCUT2D eigenvalue weighted by atomic mass is 31.5. The molecule has 1 rings (SSSR count). The molecule has 1 heterocycles. The van der Waals surface area contributed by atoms with E-state index >= 15 is 0 Å². The van der Waals surface area contributed by atoms with Crippen molar-refractivity contribution >= 4 is 31.0 Å². The Balaban J connectivity index is 3.33. The van der Waals surface area contributed by atoms with Crippen LogP contribution in [0.2, 0.25) is 39.3 Å². The zero-order chi connectivity index (χ0) is 16.3. The fraction of sp³-hybridized carbons (Fsp3) is 1.00. The van der Waals surface area contributed by atoms with E-state index in [0.29, 0.717) is 11.1 Å². The predicted octanol–water partition coefficient (Wildman–Crippen LogP) is 6.49. The summed E-state index contributed by atoms with van der Waals surface area (Å²) in [6.45, 7) is 29.9. The van der Waals surface area contributed by atoms with E-state index in [0.717, 1.165) is 0 Å². The van der Waals surface area contributed by atoms with Crippen LogP contribution in [0, 0.1) is 0 Å². The molecule has 20 heavy (non-hydrogen) atoms. The molecule has 0 radical (unpaired) electrons. The van der Waals surface area contributed by atoms with Crippen LogP contribution < -0.4 is 0 Å². The molecule has 0 unspecified atom stereocenters. The maximum Gasteiger partial charge on any atom is 0.110 e. The van der Waals surface area contributed by atoms with E-state index in [2.05, 4.69) is 89.7 Å². The van der Waals surface area contributed by atoms with Crippen LogP contribution in [0.15, 0.2) is 0 Å². The maximum absolute atomic E-state index is 2.99. The lowest BCUT2D eigenvalue weighted by atomic mass is 10.1. The van der Waals surface area contributed by atoms with Gasteiger partial charge in [-0.1, -0.05) is 39.3 Å². The van der Waals surface area contributed by atoms with Gasteiger partial charge in [0.2, 0.25) is 0 Å². The molecule has 0 aromatic heterocycles. The van der Waals surface area contributed by atoms with Gasteiger partial charge in [0.15, 0.2) is 0 Å². The normalized spacial score (nSPS) is 27.6. The lowest BCUT2D eigenvalue weighted by Crippen LogP contribution is -2.61. The third kappa shape index (κ3) is 3.75. The number of hydrogen-bond acceptors (Lipinski definition) is 2. The summed E-state index contributed by atoms with van der Waals surface area (Å²) in [5, 5.41) is 0. The van der Waals surface area contributed by atoms with Gasteiger partial charge in [-0.2, -0.15) is 0 Å². The molecule has 0 aromatic carbocycles. The van der Waals surface area contributed by atoms with Gasteiger partial charge in [-0.15, -0.1) is 0 Å². The lowest BCUT2D eigenvalue weighted by molar-refractivity contribution is 0.293. The summed E-state index contributed by atoms with van der Waals surface area (Å²) >= 11 is 0. The fourth-order valence-electron chi connectivity index (χ4n) is 2.56. The Hall–Kier alpha value is 1.21. The standard InChI is InChI=1S/C14H36N2P2Si2/c1-13(2,3)15-17(19(7,8)9)16(14(4,5)6)18(15)20(10,11)12/h1-12H3. The quantitative estimate of drug-likeness (QED) is 0.414. The Kier molecular flexibility index (Phi) is 5.19. The van der Waals surface area contributed by atoms with E-state index in [4.69, 9.17) is 0 Å². The summed E-state index contributed by atoms with van der Waals surface area (Å²) in [7, 11) is -2.52. The molecule has 1 fully saturated rings. The van der Waals surface area contributed by atoms with Crippen molar-refractivity contribution in [3.63, 3.8) is 0 Å². The van der Waals surface area contributed by atoms with E-state index in [9.17, 15) is 0 Å². The summed E-state index contributed by atoms with van der Waals surface area (Å²) in [6.07, 6.45) is 0. The maximum atomic E-state index is 2.99. The zero-order valence-electron chi connectivity index (χ0n) is 15.8. The molecule has 0 aromatic rings. The van der Waals surface area contributed by atoms with Gasteiger partial charge in [-0.05, 0) is 41.5 Å². The third-order valence-corrected chi connectivity index (χ3v) is 23.0. The van der Waals surface area contributed by atoms with Gasteiger partial charge >= 0.3 is 0 Å². The molecular formula is C14H36N2P2Si2. The molecule has 0 N–H and O–H groups in total. The zero-order valence-corrected chi connectivity index (χ0v) is 19.6. The van der Waals surface area contributed by atoms with E-state index in [1.807, 2.05) is 0 Å². The molecule has 0 atom stereocenters. The van der Waals surface area contributed by atoms with Gasteiger partial charge in [0.25, 0.3) is 0 Å². The molecule has 6 heteroatoms. The second kappa shape index (κ2) is 5.39. The molecule has 120 valence electrons. The molecular weight excluding hydrogens is 314 g/mol. The van der Waals surface area contributed by atoms with Gasteiger partial charge in [0, 0.05) is 26.6 Å². The fourth-order valence-corrected chi connectivity index (χ4v) is 33.9. The van der Waals surface area contributed by atoms with Crippen molar-refractivity contribution in [2.24, 2.45) is 0 Å². The Labute approximate surface area is 132 Å². The number of rotatable bonds is 2. The van der Waals surface area contributed by atoms with Crippen molar-refractivity contribution in [3.8, 4) is 0 Å². The van der Waals surface area contributed by atoms with Crippen molar-refractivity contribution in [1.29, 1.82) is 0 Å². The largest absolute Gasteiger partial charge is 0.236 e. The van der Waals surface area contributed by atoms with Crippen LogP contribution in [0.3, 0.4) is 0 Å². The van der Waals surface area contributed by atoms with Gasteiger partial charge in [-0.3, -0.25) is 0 Å². The first-order valence-electron chi connectivity index (χ1n) is 7.69. The Morgan fingerprint density at radius 3 is 0.850 bits per heavy atom. The SMILES string of the molecule is CC(C)(C)N1P([Si](C)(C)C)N(C(C)(C)C)P1[Si](C)(C)C. The van der Waals surface area contributed by atoms with E-state index < -0.39 is 15.5 Å². The van der Waals surface area contributed by atoms with Crippen molar-refractivity contribution in [3.05, 3.63) is 0 Å². The minimum Gasteiger partial charge on any atom is -0.236 e.